The van der Waals surface area contributed by atoms with Crippen molar-refractivity contribution in [2.75, 3.05) is 19.6 Å². The summed E-state index contributed by atoms with van der Waals surface area (Å²) in [5.74, 6) is 0.473. The van der Waals surface area contributed by atoms with Gasteiger partial charge in [-0.2, -0.15) is 0 Å². The van der Waals surface area contributed by atoms with E-state index in [9.17, 15) is 9.18 Å². The third-order valence-corrected chi connectivity index (χ3v) is 4.78. The fraction of sp³-hybridized carbons (Fsp3) is 0.474. The second-order valence-electron chi connectivity index (χ2n) is 6.94. The summed E-state index contributed by atoms with van der Waals surface area (Å²) in [6.07, 6.45) is 4.35. The average Bonchev–Trinajstić information content (AvgIpc) is 3.08. The van der Waals surface area contributed by atoms with Crippen LogP contribution in [0.4, 0.5) is 4.39 Å². The summed E-state index contributed by atoms with van der Waals surface area (Å²) in [5, 5.41) is 6.35. The molecule has 150 valence electrons. The molecule has 0 bridgehead atoms. The minimum atomic E-state index is -0.349. The zero-order valence-corrected chi connectivity index (χ0v) is 16.9. The lowest BCUT2D eigenvalue weighted by Gasteiger charge is -2.34. The number of hydrogen-bond donors (Lipinski definition) is 2. The molecule has 1 amide bonds. The van der Waals surface area contributed by atoms with Gasteiger partial charge >= 0.3 is 0 Å². The zero-order chi connectivity index (χ0) is 17.7. The number of benzene rings is 1. The predicted molar refractivity (Wildman–Crippen MR) is 108 cm³/mol. The van der Waals surface area contributed by atoms with Crippen molar-refractivity contribution in [1.29, 1.82) is 0 Å². The van der Waals surface area contributed by atoms with Crippen LogP contribution in [0.25, 0.3) is 11.3 Å². The summed E-state index contributed by atoms with van der Waals surface area (Å²) < 4.78 is 19.3. The Morgan fingerprint density at radius 2 is 2.00 bits per heavy atom. The molecule has 1 aromatic heterocycles. The van der Waals surface area contributed by atoms with Crippen molar-refractivity contribution in [2.45, 2.75) is 32.6 Å². The molecule has 1 aromatic carbocycles. The SMILES string of the molecule is CC1(CNC(=O)CCc2ncc(-c3ccccc3F)o2)CCNCC1.Cl.Cl. The Bertz CT molecular complexity index is 733. The first-order chi connectivity index (χ1) is 12.1. The van der Waals surface area contributed by atoms with Crippen LogP contribution >= 0.6 is 24.8 Å². The van der Waals surface area contributed by atoms with E-state index in [1.807, 2.05) is 0 Å². The molecule has 2 aromatic rings. The molecule has 2 heterocycles. The second kappa shape index (κ2) is 10.6. The van der Waals surface area contributed by atoms with Crippen LogP contribution in [-0.2, 0) is 11.2 Å². The maximum absolute atomic E-state index is 13.8. The minimum absolute atomic E-state index is 0. The number of halogens is 3. The van der Waals surface area contributed by atoms with Gasteiger partial charge in [0.15, 0.2) is 11.7 Å². The molecule has 1 saturated heterocycles. The van der Waals surface area contributed by atoms with Gasteiger partial charge in [0, 0.05) is 19.4 Å². The van der Waals surface area contributed by atoms with Crippen LogP contribution in [0.2, 0.25) is 0 Å². The first-order valence-electron chi connectivity index (χ1n) is 8.73. The number of aryl methyl sites for hydroxylation is 1. The standard InChI is InChI=1S/C19H24FN3O2.2ClH/c1-19(8-10-21-11-9-19)13-23-17(24)6-7-18-22-12-16(25-18)14-4-2-3-5-15(14)20;;/h2-5,12,21H,6-11,13H2,1H3,(H,23,24);2*1H. The molecule has 8 heteroatoms. The van der Waals surface area contributed by atoms with E-state index in [4.69, 9.17) is 4.42 Å². The highest BCUT2D eigenvalue weighted by Crippen LogP contribution is 2.27. The highest BCUT2D eigenvalue weighted by molar-refractivity contribution is 5.85. The Labute approximate surface area is 171 Å². The second-order valence-corrected chi connectivity index (χ2v) is 6.94. The lowest BCUT2D eigenvalue weighted by atomic mass is 9.81. The maximum Gasteiger partial charge on any atom is 0.220 e. The molecule has 0 spiro atoms. The number of carbonyl (C=O) groups is 1. The van der Waals surface area contributed by atoms with Gasteiger partial charge in [0.1, 0.15) is 5.82 Å². The quantitative estimate of drug-likeness (QED) is 0.750. The Kier molecular flexibility index (Phi) is 9.22. The fourth-order valence-electron chi connectivity index (χ4n) is 3.04. The zero-order valence-electron chi connectivity index (χ0n) is 15.3. The lowest BCUT2D eigenvalue weighted by Crippen LogP contribution is -2.42. The molecule has 3 rings (SSSR count). The maximum atomic E-state index is 13.8. The van der Waals surface area contributed by atoms with E-state index in [0.717, 1.165) is 25.9 Å². The Balaban J connectivity index is 0.00000182. The van der Waals surface area contributed by atoms with E-state index < -0.39 is 0 Å². The van der Waals surface area contributed by atoms with E-state index in [0.29, 0.717) is 36.6 Å². The van der Waals surface area contributed by atoms with Crippen LogP contribution in [0.3, 0.4) is 0 Å². The largest absolute Gasteiger partial charge is 0.441 e. The van der Waals surface area contributed by atoms with Crippen LogP contribution in [0.1, 0.15) is 32.1 Å². The Morgan fingerprint density at radius 1 is 1.30 bits per heavy atom. The fourth-order valence-corrected chi connectivity index (χ4v) is 3.04. The van der Waals surface area contributed by atoms with Crippen LogP contribution in [-0.4, -0.2) is 30.5 Å². The first kappa shape index (κ1) is 23.4. The van der Waals surface area contributed by atoms with Gasteiger partial charge in [0.25, 0.3) is 0 Å². The topological polar surface area (TPSA) is 67.2 Å². The van der Waals surface area contributed by atoms with Gasteiger partial charge < -0.3 is 15.1 Å². The van der Waals surface area contributed by atoms with Crippen molar-refractivity contribution >= 4 is 30.7 Å². The Hall–Kier alpha value is -1.63. The van der Waals surface area contributed by atoms with Crippen LogP contribution < -0.4 is 10.6 Å². The number of hydrogen-bond acceptors (Lipinski definition) is 4. The van der Waals surface area contributed by atoms with Crippen LogP contribution in [0.5, 0.6) is 0 Å². The summed E-state index contributed by atoms with van der Waals surface area (Å²) in [5.41, 5.74) is 0.548. The van der Waals surface area contributed by atoms with E-state index >= 15 is 0 Å². The third-order valence-electron chi connectivity index (χ3n) is 4.78. The van der Waals surface area contributed by atoms with Crippen molar-refractivity contribution in [3.05, 3.63) is 42.2 Å². The molecular formula is C19H26Cl2FN3O2. The first-order valence-corrected chi connectivity index (χ1v) is 8.73. The average molecular weight is 418 g/mol. The summed E-state index contributed by atoms with van der Waals surface area (Å²) in [6.45, 7) is 4.91. The normalized spacial score (nSPS) is 15.3. The van der Waals surface area contributed by atoms with Gasteiger partial charge in [-0.15, -0.1) is 24.8 Å². The molecule has 27 heavy (non-hydrogen) atoms. The van der Waals surface area contributed by atoms with Crippen molar-refractivity contribution in [3.8, 4) is 11.3 Å². The van der Waals surface area contributed by atoms with Crippen molar-refractivity contribution in [3.63, 3.8) is 0 Å². The number of carbonyl (C=O) groups excluding carboxylic acids is 1. The van der Waals surface area contributed by atoms with Gasteiger partial charge in [-0.1, -0.05) is 19.1 Å². The van der Waals surface area contributed by atoms with Gasteiger partial charge in [-0.25, -0.2) is 9.37 Å². The highest BCUT2D eigenvalue weighted by Gasteiger charge is 2.26. The molecule has 0 unspecified atom stereocenters. The third kappa shape index (κ3) is 6.48. The molecule has 1 aliphatic rings. The van der Waals surface area contributed by atoms with Crippen LogP contribution in [0, 0.1) is 11.2 Å². The van der Waals surface area contributed by atoms with Gasteiger partial charge in [-0.3, -0.25) is 4.79 Å². The number of nitrogens with one attached hydrogen (secondary N) is 2. The summed E-state index contributed by atoms with van der Waals surface area (Å²) in [7, 11) is 0. The van der Waals surface area contributed by atoms with Crippen molar-refractivity contribution in [2.24, 2.45) is 5.41 Å². The Morgan fingerprint density at radius 3 is 2.70 bits per heavy atom. The molecule has 0 radical (unpaired) electrons. The van der Waals surface area contributed by atoms with E-state index in [2.05, 4.69) is 22.5 Å². The van der Waals surface area contributed by atoms with E-state index in [-0.39, 0.29) is 42.0 Å². The number of aromatic nitrogens is 1. The molecular weight excluding hydrogens is 392 g/mol. The minimum Gasteiger partial charge on any atom is -0.441 e. The molecule has 0 atom stereocenters. The predicted octanol–water partition coefficient (Wildman–Crippen LogP) is 3.76. The van der Waals surface area contributed by atoms with Gasteiger partial charge in [0.05, 0.1) is 11.8 Å². The van der Waals surface area contributed by atoms with E-state index in [1.165, 1.54) is 12.3 Å². The van der Waals surface area contributed by atoms with Crippen molar-refractivity contribution in [1.82, 2.24) is 15.6 Å². The van der Waals surface area contributed by atoms with Gasteiger partial charge in [0.2, 0.25) is 5.91 Å². The number of piperidine rings is 1. The number of rotatable bonds is 6. The molecule has 5 nitrogen and oxygen atoms in total. The lowest BCUT2D eigenvalue weighted by molar-refractivity contribution is -0.121. The molecule has 1 fully saturated rings. The van der Waals surface area contributed by atoms with Crippen LogP contribution in [0.15, 0.2) is 34.9 Å². The molecule has 0 saturated carbocycles. The summed E-state index contributed by atoms with van der Waals surface area (Å²) in [4.78, 5) is 16.2. The molecule has 0 aliphatic carbocycles. The smallest absolute Gasteiger partial charge is 0.220 e. The summed E-state index contributed by atoms with van der Waals surface area (Å²) >= 11 is 0. The summed E-state index contributed by atoms with van der Waals surface area (Å²) in [6, 6.07) is 6.40. The van der Waals surface area contributed by atoms with Crippen molar-refractivity contribution < 1.29 is 13.6 Å². The molecule has 1 aliphatic heterocycles. The number of nitrogens with zero attached hydrogens (tertiary/aromatic N) is 1. The molecule has 2 N–H and O–H groups in total. The number of oxazole rings is 1. The number of amides is 1. The highest BCUT2D eigenvalue weighted by atomic mass is 35.5. The monoisotopic (exact) mass is 417 g/mol. The van der Waals surface area contributed by atoms with Gasteiger partial charge in [-0.05, 0) is 43.5 Å². The van der Waals surface area contributed by atoms with E-state index in [1.54, 1.807) is 18.2 Å².